The van der Waals surface area contributed by atoms with Crippen LogP contribution in [0.3, 0.4) is 0 Å². The summed E-state index contributed by atoms with van der Waals surface area (Å²) < 4.78 is 0. The van der Waals surface area contributed by atoms with Crippen LogP contribution < -0.4 is 16.0 Å². The van der Waals surface area contributed by atoms with Gasteiger partial charge in [-0.15, -0.1) is 0 Å². The van der Waals surface area contributed by atoms with Crippen molar-refractivity contribution in [3.05, 3.63) is 23.8 Å². The molecular formula is C19H28N4O2. The zero-order valence-corrected chi connectivity index (χ0v) is 15.0. The van der Waals surface area contributed by atoms with Crippen molar-refractivity contribution in [2.24, 2.45) is 5.73 Å². The van der Waals surface area contributed by atoms with E-state index >= 15 is 0 Å². The largest absolute Gasteiger partial charge is 0.371 e. The molecule has 2 amide bonds. The fourth-order valence-corrected chi connectivity index (χ4v) is 3.93. The van der Waals surface area contributed by atoms with Crippen molar-refractivity contribution in [3.63, 3.8) is 0 Å². The highest BCUT2D eigenvalue weighted by molar-refractivity contribution is 5.93. The van der Waals surface area contributed by atoms with Gasteiger partial charge in [0.2, 0.25) is 11.8 Å². The molecule has 0 spiro atoms. The number of anilines is 2. The summed E-state index contributed by atoms with van der Waals surface area (Å²) in [5, 5.41) is 2.96. The van der Waals surface area contributed by atoms with E-state index in [1.54, 1.807) is 0 Å². The Labute approximate surface area is 149 Å². The van der Waals surface area contributed by atoms with E-state index in [1.807, 2.05) is 17.0 Å². The second-order valence-electron chi connectivity index (χ2n) is 7.13. The third kappa shape index (κ3) is 4.31. The number of rotatable bonds is 5. The number of nitrogens with zero attached hydrogens (tertiary/aromatic N) is 2. The molecule has 0 unspecified atom stereocenters. The summed E-state index contributed by atoms with van der Waals surface area (Å²) in [6.07, 6.45) is 5.22. The second-order valence-corrected chi connectivity index (χ2v) is 7.13. The van der Waals surface area contributed by atoms with Crippen molar-refractivity contribution in [1.29, 1.82) is 0 Å². The van der Waals surface area contributed by atoms with Crippen LogP contribution in [-0.4, -0.2) is 48.9 Å². The van der Waals surface area contributed by atoms with Gasteiger partial charge in [-0.2, -0.15) is 0 Å². The molecule has 6 heteroatoms. The van der Waals surface area contributed by atoms with Gasteiger partial charge in [-0.05, 0) is 62.9 Å². The van der Waals surface area contributed by atoms with Gasteiger partial charge in [-0.3, -0.25) is 14.5 Å². The maximum absolute atomic E-state index is 12.4. The van der Waals surface area contributed by atoms with Gasteiger partial charge in [0.05, 0.1) is 12.6 Å². The Bertz CT molecular complexity index is 640. The van der Waals surface area contributed by atoms with Crippen LogP contribution in [-0.2, 0) is 9.59 Å². The minimum atomic E-state index is -0.335. The average Bonchev–Trinajstić information content (AvgIpc) is 3.09. The number of hydrogen-bond acceptors (Lipinski definition) is 4. The highest BCUT2D eigenvalue weighted by Gasteiger charge is 2.28. The van der Waals surface area contributed by atoms with Gasteiger partial charge >= 0.3 is 0 Å². The third-order valence-electron chi connectivity index (χ3n) is 5.22. The summed E-state index contributed by atoms with van der Waals surface area (Å²) >= 11 is 0. The van der Waals surface area contributed by atoms with Crippen LogP contribution >= 0.6 is 0 Å². The first kappa shape index (κ1) is 17.7. The summed E-state index contributed by atoms with van der Waals surface area (Å²) in [5.41, 5.74) is 8.69. The fourth-order valence-electron chi connectivity index (χ4n) is 3.93. The van der Waals surface area contributed by atoms with Crippen LogP contribution in [0.15, 0.2) is 18.2 Å². The highest BCUT2D eigenvalue weighted by Crippen LogP contribution is 2.26. The predicted molar refractivity (Wildman–Crippen MR) is 99.7 cm³/mol. The molecule has 1 atom stereocenters. The Balaban J connectivity index is 1.60. The van der Waals surface area contributed by atoms with E-state index in [0.29, 0.717) is 0 Å². The van der Waals surface area contributed by atoms with Crippen LogP contribution in [0.4, 0.5) is 11.4 Å². The smallest absolute Gasteiger partial charge is 0.238 e. The van der Waals surface area contributed by atoms with Crippen LogP contribution in [0.5, 0.6) is 0 Å². The van der Waals surface area contributed by atoms with Crippen molar-refractivity contribution in [2.75, 3.05) is 36.4 Å². The standard InChI is InChI=1S/C19H28N4O2/c1-14-12-15(7-8-16(14)22-9-4-5-10-22)21-18(24)13-23-11-3-2-6-17(23)19(20)25/h7-8,12,17H,2-6,9-11,13H2,1H3,(H2,20,25)(H,21,24)/t17-/m0/s1. The molecule has 3 N–H and O–H groups in total. The summed E-state index contributed by atoms with van der Waals surface area (Å²) in [4.78, 5) is 28.2. The number of carbonyl (C=O) groups is 2. The predicted octanol–water partition coefficient (Wildman–Crippen LogP) is 1.87. The van der Waals surface area contributed by atoms with E-state index in [-0.39, 0.29) is 24.4 Å². The lowest BCUT2D eigenvalue weighted by Crippen LogP contribution is -2.50. The first-order chi connectivity index (χ1) is 12.0. The molecule has 1 aromatic carbocycles. The molecular weight excluding hydrogens is 316 g/mol. The fraction of sp³-hybridized carbons (Fsp3) is 0.579. The Morgan fingerprint density at radius 2 is 1.88 bits per heavy atom. The van der Waals surface area contributed by atoms with Gasteiger partial charge in [0.1, 0.15) is 0 Å². The quantitative estimate of drug-likeness (QED) is 0.855. The zero-order valence-electron chi connectivity index (χ0n) is 15.0. The van der Waals surface area contributed by atoms with Crippen molar-refractivity contribution < 1.29 is 9.59 Å². The van der Waals surface area contributed by atoms with Gasteiger partial charge in [-0.25, -0.2) is 0 Å². The lowest BCUT2D eigenvalue weighted by atomic mass is 10.0. The molecule has 6 nitrogen and oxygen atoms in total. The number of amides is 2. The van der Waals surface area contributed by atoms with Crippen LogP contribution in [0.2, 0.25) is 0 Å². The minimum absolute atomic E-state index is 0.0959. The minimum Gasteiger partial charge on any atom is -0.371 e. The van der Waals surface area contributed by atoms with Crippen LogP contribution in [0.25, 0.3) is 0 Å². The normalized spacial score (nSPS) is 21.3. The highest BCUT2D eigenvalue weighted by atomic mass is 16.2. The second kappa shape index (κ2) is 7.87. The molecule has 0 radical (unpaired) electrons. The van der Waals surface area contributed by atoms with E-state index in [1.165, 1.54) is 24.1 Å². The number of nitrogens with two attached hydrogens (primary N) is 1. The molecule has 3 rings (SSSR count). The van der Waals surface area contributed by atoms with Gasteiger partial charge in [0, 0.05) is 24.5 Å². The van der Waals surface area contributed by atoms with Gasteiger partial charge in [-0.1, -0.05) is 6.42 Å². The van der Waals surface area contributed by atoms with E-state index in [9.17, 15) is 9.59 Å². The number of piperidine rings is 1. The van der Waals surface area contributed by atoms with E-state index in [0.717, 1.165) is 44.6 Å². The molecule has 2 heterocycles. The number of primary amides is 1. The number of hydrogen-bond donors (Lipinski definition) is 2. The molecule has 2 aliphatic rings. The zero-order chi connectivity index (χ0) is 17.8. The van der Waals surface area contributed by atoms with Crippen LogP contribution in [0, 0.1) is 6.92 Å². The number of benzene rings is 1. The lowest BCUT2D eigenvalue weighted by Gasteiger charge is -2.32. The molecule has 2 saturated heterocycles. The maximum Gasteiger partial charge on any atom is 0.238 e. The Kier molecular flexibility index (Phi) is 5.58. The van der Waals surface area contributed by atoms with Crippen LogP contribution in [0.1, 0.15) is 37.7 Å². The monoisotopic (exact) mass is 344 g/mol. The number of aryl methyl sites for hydroxylation is 1. The summed E-state index contributed by atoms with van der Waals surface area (Å²) in [6, 6.07) is 5.75. The van der Waals surface area contributed by atoms with Crippen molar-refractivity contribution in [1.82, 2.24) is 4.90 Å². The van der Waals surface area contributed by atoms with E-state index in [4.69, 9.17) is 5.73 Å². The van der Waals surface area contributed by atoms with Crippen molar-refractivity contribution in [3.8, 4) is 0 Å². The molecule has 25 heavy (non-hydrogen) atoms. The Hall–Kier alpha value is -2.08. The molecule has 2 fully saturated rings. The summed E-state index contributed by atoms with van der Waals surface area (Å²) in [5.74, 6) is -0.431. The number of likely N-dealkylation sites (tertiary alicyclic amines) is 1. The molecule has 0 bridgehead atoms. The summed E-state index contributed by atoms with van der Waals surface area (Å²) in [7, 11) is 0. The number of carbonyl (C=O) groups excluding carboxylic acids is 2. The third-order valence-corrected chi connectivity index (χ3v) is 5.22. The summed E-state index contributed by atoms with van der Waals surface area (Å²) in [6.45, 7) is 5.25. The first-order valence-electron chi connectivity index (χ1n) is 9.23. The topological polar surface area (TPSA) is 78.7 Å². The van der Waals surface area contributed by atoms with E-state index in [2.05, 4.69) is 23.2 Å². The Morgan fingerprint density at radius 3 is 2.56 bits per heavy atom. The molecule has 0 saturated carbocycles. The molecule has 2 aliphatic heterocycles. The molecule has 136 valence electrons. The maximum atomic E-state index is 12.4. The average molecular weight is 344 g/mol. The van der Waals surface area contributed by atoms with Gasteiger partial charge < -0.3 is 16.0 Å². The first-order valence-corrected chi connectivity index (χ1v) is 9.23. The van der Waals surface area contributed by atoms with Crippen molar-refractivity contribution >= 4 is 23.2 Å². The molecule has 0 aromatic heterocycles. The SMILES string of the molecule is Cc1cc(NC(=O)CN2CCCC[C@H]2C(N)=O)ccc1N1CCCC1. The van der Waals surface area contributed by atoms with Crippen molar-refractivity contribution in [2.45, 2.75) is 45.1 Å². The van der Waals surface area contributed by atoms with Gasteiger partial charge in [0.25, 0.3) is 0 Å². The Morgan fingerprint density at radius 1 is 1.16 bits per heavy atom. The van der Waals surface area contributed by atoms with Gasteiger partial charge in [0.15, 0.2) is 0 Å². The lowest BCUT2D eigenvalue weighted by molar-refractivity contribution is -0.126. The number of nitrogens with one attached hydrogen (secondary N) is 1. The molecule has 0 aliphatic carbocycles. The van der Waals surface area contributed by atoms with E-state index < -0.39 is 0 Å². The molecule has 1 aromatic rings.